The van der Waals surface area contributed by atoms with Crippen molar-refractivity contribution in [3.8, 4) is 11.5 Å². The topological polar surface area (TPSA) is 102 Å². The molecule has 1 atom stereocenters. The molecule has 0 saturated carbocycles. The van der Waals surface area contributed by atoms with Gasteiger partial charge in [-0.1, -0.05) is 95.9 Å². The number of hydrogen-bond acceptors (Lipinski definition) is 10. The second kappa shape index (κ2) is 13.5. The van der Waals surface area contributed by atoms with Gasteiger partial charge in [-0.2, -0.15) is 0 Å². The van der Waals surface area contributed by atoms with E-state index in [1.807, 2.05) is 67.6 Å². The monoisotopic (exact) mass is 641 g/mol. The molecule has 0 saturated heterocycles. The maximum atomic E-state index is 13.7. The van der Waals surface area contributed by atoms with Crippen LogP contribution in [0.4, 0.5) is 5.13 Å². The molecule has 1 aliphatic rings. The normalized spacial score (nSPS) is 14.7. The van der Waals surface area contributed by atoms with Crippen LogP contribution in [0, 0.1) is 0 Å². The van der Waals surface area contributed by atoms with E-state index in [2.05, 4.69) is 10.2 Å². The van der Waals surface area contributed by atoms with Gasteiger partial charge in [0.05, 0.1) is 23.1 Å². The highest BCUT2D eigenvalue weighted by Crippen LogP contribution is 2.46. The minimum absolute atomic E-state index is 0.0217. The van der Waals surface area contributed by atoms with Crippen LogP contribution in [0.25, 0.3) is 0 Å². The lowest BCUT2D eigenvalue weighted by molar-refractivity contribution is -0.117. The highest BCUT2D eigenvalue weighted by molar-refractivity contribution is 8.00. The summed E-state index contributed by atoms with van der Waals surface area (Å²) in [5, 5.41) is 21.8. The number of thioether (sulfide) groups is 1. The molecule has 8 nitrogen and oxygen atoms in total. The van der Waals surface area contributed by atoms with Gasteiger partial charge >= 0.3 is 0 Å². The van der Waals surface area contributed by atoms with E-state index in [4.69, 9.17) is 9.47 Å². The van der Waals surface area contributed by atoms with Crippen LogP contribution in [-0.2, 0) is 17.2 Å². The number of carbonyl (C=O) groups excluding carboxylic acids is 2. The molecule has 222 valence electrons. The van der Waals surface area contributed by atoms with Gasteiger partial charge < -0.3 is 14.6 Å². The zero-order valence-corrected chi connectivity index (χ0v) is 26.0. The van der Waals surface area contributed by atoms with Gasteiger partial charge in [-0.15, -0.1) is 21.5 Å². The van der Waals surface area contributed by atoms with Crippen LogP contribution in [0.3, 0.4) is 0 Å². The van der Waals surface area contributed by atoms with Crippen molar-refractivity contribution in [2.45, 2.75) is 29.7 Å². The fraction of sp³-hybridized carbons (Fsp3) is 0.152. The lowest BCUT2D eigenvalue weighted by Gasteiger charge is -2.25. The van der Waals surface area contributed by atoms with Gasteiger partial charge in [-0.05, 0) is 47.2 Å². The summed E-state index contributed by atoms with van der Waals surface area (Å²) >= 11 is 3.98. The fourth-order valence-electron chi connectivity index (χ4n) is 4.79. The van der Waals surface area contributed by atoms with Crippen LogP contribution >= 0.6 is 34.4 Å². The van der Waals surface area contributed by atoms with Crippen molar-refractivity contribution < 1.29 is 24.2 Å². The molecule has 3 aromatic carbocycles. The summed E-state index contributed by atoms with van der Waals surface area (Å²) in [5.74, 6) is -0.0914. The number of Topliss-reactive ketones (excluding diaryl/α,β-unsaturated/α-hetero) is 1. The maximum absolute atomic E-state index is 13.7. The number of ketones is 1. The number of aliphatic hydroxyl groups is 1. The van der Waals surface area contributed by atoms with Crippen molar-refractivity contribution >= 4 is 51.3 Å². The molecule has 11 heteroatoms. The summed E-state index contributed by atoms with van der Waals surface area (Å²) in [5.41, 5.74) is 2.67. The zero-order chi connectivity index (χ0) is 30.5. The summed E-state index contributed by atoms with van der Waals surface area (Å²) in [6.07, 6.45) is 0. The summed E-state index contributed by atoms with van der Waals surface area (Å²) in [6, 6.07) is 27.5. The Labute approximate surface area is 266 Å². The van der Waals surface area contributed by atoms with Crippen molar-refractivity contribution in [3.63, 3.8) is 0 Å². The molecule has 1 unspecified atom stereocenters. The molecule has 1 amide bonds. The van der Waals surface area contributed by atoms with Crippen LogP contribution in [-0.4, -0.2) is 33.6 Å². The maximum Gasteiger partial charge on any atom is 0.296 e. The quantitative estimate of drug-likeness (QED) is 0.0842. The van der Waals surface area contributed by atoms with Gasteiger partial charge in [0, 0.05) is 5.75 Å². The van der Waals surface area contributed by atoms with Crippen LogP contribution < -0.4 is 14.4 Å². The number of aromatic nitrogens is 2. The number of ether oxygens (including phenoxy) is 2. The average molecular weight is 642 g/mol. The lowest BCUT2D eigenvalue weighted by atomic mass is 9.95. The predicted octanol–water partition coefficient (Wildman–Crippen LogP) is 7.65. The molecular weight excluding hydrogens is 615 g/mol. The lowest BCUT2D eigenvalue weighted by Crippen LogP contribution is -2.31. The van der Waals surface area contributed by atoms with Gasteiger partial charge in [0.1, 0.15) is 6.61 Å². The molecule has 0 bridgehead atoms. The molecule has 5 aromatic rings. The third-order valence-electron chi connectivity index (χ3n) is 6.83. The third kappa shape index (κ3) is 6.26. The second-order valence-corrected chi connectivity index (χ2v) is 12.8. The fourth-order valence-corrected chi connectivity index (χ4v) is 7.29. The second-order valence-electron chi connectivity index (χ2n) is 9.68. The van der Waals surface area contributed by atoms with E-state index in [9.17, 15) is 14.7 Å². The van der Waals surface area contributed by atoms with Gasteiger partial charge in [0.2, 0.25) is 10.9 Å². The van der Waals surface area contributed by atoms with Crippen LogP contribution in [0.15, 0.2) is 112 Å². The Hall–Kier alpha value is -4.45. The zero-order valence-electron chi connectivity index (χ0n) is 23.6. The number of anilines is 1. The number of nitrogens with zero attached hydrogens (tertiary/aromatic N) is 3. The van der Waals surface area contributed by atoms with E-state index in [-0.39, 0.29) is 10.7 Å². The summed E-state index contributed by atoms with van der Waals surface area (Å²) in [6.45, 7) is 2.58. The third-order valence-corrected chi connectivity index (χ3v) is 9.82. The molecule has 6 rings (SSSR count). The van der Waals surface area contributed by atoms with Gasteiger partial charge in [0.25, 0.3) is 5.91 Å². The highest BCUT2D eigenvalue weighted by atomic mass is 32.2. The van der Waals surface area contributed by atoms with Crippen molar-refractivity contribution in [1.29, 1.82) is 0 Å². The van der Waals surface area contributed by atoms with Crippen molar-refractivity contribution in [1.82, 2.24) is 10.2 Å². The number of benzene rings is 3. The van der Waals surface area contributed by atoms with E-state index in [1.165, 1.54) is 39.3 Å². The van der Waals surface area contributed by atoms with Crippen molar-refractivity contribution in [2.75, 3.05) is 11.5 Å². The van der Waals surface area contributed by atoms with Crippen LogP contribution in [0.1, 0.15) is 39.3 Å². The number of aliphatic hydroxyl groups excluding tert-OH is 1. The van der Waals surface area contributed by atoms with Gasteiger partial charge in [-0.3, -0.25) is 14.5 Å². The molecule has 0 aliphatic carbocycles. The first kappa shape index (κ1) is 29.6. The Morgan fingerprint density at radius 1 is 0.932 bits per heavy atom. The summed E-state index contributed by atoms with van der Waals surface area (Å²) < 4.78 is 12.7. The average Bonchev–Trinajstić information content (AvgIpc) is 3.81. The first-order valence-corrected chi connectivity index (χ1v) is 16.5. The standard InChI is InChI=1S/C33H27N3O5S3/c1-2-40-25-18-23(15-16-24(25)41-19-21-10-5-3-6-11-21)28-27(29(37)26-14-9-17-42-26)30(38)31(39)36(28)32-34-35-33(44-32)43-20-22-12-7-4-8-13-22/h3-18,28,38H,2,19-20H2,1H3. The highest BCUT2D eigenvalue weighted by Gasteiger charge is 2.46. The number of hydrogen-bond donors (Lipinski definition) is 1. The molecule has 0 fully saturated rings. The Kier molecular flexibility index (Phi) is 9.06. The molecule has 0 radical (unpaired) electrons. The van der Waals surface area contributed by atoms with Crippen LogP contribution in [0.5, 0.6) is 11.5 Å². The first-order chi connectivity index (χ1) is 21.5. The summed E-state index contributed by atoms with van der Waals surface area (Å²) in [4.78, 5) is 29.1. The largest absolute Gasteiger partial charge is 0.503 e. The minimum atomic E-state index is -0.959. The first-order valence-electron chi connectivity index (χ1n) is 13.8. The van der Waals surface area contributed by atoms with Crippen molar-refractivity contribution in [2.24, 2.45) is 0 Å². The molecule has 44 heavy (non-hydrogen) atoms. The number of amides is 1. The van der Waals surface area contributed by atoms with Crippen molar-refractivity contribution in [3.05, 3.63) is 129 Å². The van der Waals surface area contributed by atoms with Crippen LogP contribution in [0.2, 0.25) is 0 Å². The Morgan fingerprint density at radius 2 is 1.68 bits per heavy atom. The Balaban J connectivity index is 1.35. The molecule has 3 heterocycles. The molecule has 2 aromatic heterocycles. The Bertz CT molecular complexity index is 1790. The molecule has 0 spiro atoms. The number of thiophene rings is 1. The van der Waals surface area contributed by atoms with E-state index in [0.717, 1.165) is 11.1 Å². The predicted molar refractivity (Wildman–Crippen MR) is 173 cm³/mol. The smallest absolute Gasteiger partial charge is 0.296 e. The van der Waals surface area contributed by atoms with E-state index in [0.29, 0.717) is 45.2 Å². The van der Waals surface area contributed by atoms with Gasteiger partial charge in [0.15, 0.2) is 21.6 Å². The number of rotatable bonds is 12. The number of carbonyl (C=O) groups is 2. The minimum Gasteiger partial charge on any atom is -0.503 e. The van der Waals surface area contributed by atoms with E-state index >= 15 is 0 Å². The van der Waals surface area contributed by atoms with E-state index in [1.54, 1.807) is 35.7 Å². The molecule has 1 N–H and O–H groups in total. The van der Waals surface area contributed by atoms with E-state index < -0.39 is 23.5 Å². The van der Waals surface area contributed by atoms with Gasteiger partial charge in [-0.25, -0.2) is 0 Å². The SMILES string of the molecule is CCOc1cc(C2C(C(=O)c3cccs3)=C(O)C(=O)N2c2nnc(SCc3ccccc3)s2)ccc1OCc1ccccc1. The molecule has 1 aliphatic heterocycles. The molecular formula is C33H27N3O5S3. The Morgan fingerprint density at radius 3 is 2.39 bits per heavy atom. The summed E-state index contributed by atoms with van der Waals surface area (Å²) in [7, 11) is 0.